The second kappa shape index (κ2) is 3.85. The smallest absolute Gasteiger partial charge is 0.0733 e. The number of hydrogen-bond donors (Lipinski definition) is 2. The number of aryl methyl sites for hydroxylation is 3. The molecule has 0 radical (unpaired) electrons. The van der Waals surface area contributed by atoms with Crippen LogP contribution >= 0.6 is 0 Å². The van der Waals surface area contributed by atoms with Gasteiger partial charge in [-0.25, -0.2) is 4.98 Å². The third-order valence-electron chi connectivity index (χ3n) is 3.82. The van der Waals surface area contributed by atoms with Gasteiger partial charge in [-0.05, 0) is 61.7 Å². The molecule has 3 nitrogen and oxygen atoms in total. The Morgan fingerprint density at radius 2 is 1.16 bits per heavy atom. The average Bonchev–Trinajstić information content (AvgIpc) is 2.35. The van der Waals surface area contributed by atoms with E-state index in [9.17, 15) is 0 Å². The van der Waals surface area contributed by atoms with Crippen LogP contribution < -0.4 is 11.5 Å². The van der Waals surface area contributed by atoms with E-state index in [1.165, 1.54) is 5.56 Å². The number of hydrogen-bond acceptors (Lipinski definition) is 3. The molecule has 1 heterocycles. The van der Waals surface area contributed by atoms with Gasteiger partial charge in [-0.2, -0.15) is 0 Å². The third kappa shape index (κ3) is 1.70. The summed E-state index contributed by atoms with van der Waals surface area (Å²) in [5.74, 6) is 0. The Bertz CT molecular complexity index is 753. The molecule has 3 aromatic rings. The molecule has 0 bridgehead atoms. The molecule has 0 unspecified atom stereocenters. The summed E-state index contributed by atoms with van der Waals surface area (Å²) in [4.78, 5) is 4.68. The van der Waals surface area contributed by atoms with E-state index in [-0.39, 0.29) is 0 Å². The van der Waals surface area contributed by atoms with Crippen LogP contribution in [0.4, 0.5) is 11.4 Å². The predicted molar refractivity (Wildman–Crippen MR) is 82.3 cm³/mol. The van der Waals surface area contributed by atoms with Crippen LogP contribution in [0.1, 0.15) is 16.7 Å². The first kappa shape index (κ1) is 11.8. The minimum atomic E-state index is 0.777. The Morgan fingerprint density at radius 3 is 1.58 bits per heavy atom. The number of aromatic nitrogens is 1. The summed E-state index contributed by atoms with van der Waals surface area (Å²) in [7, 11) is 0. The second-order valence-corrected chi connectivity index (χ2v) is 5.19. The zero-order valence-corrected chi connectivity index (χ0v) is 11.4. The molecule has 0 amide bonds. The summed E-state index contributed by atoms with van der Waals surface area (Å²) >= 11 is 0. The standard InChI is InChI=1S/C16H17N3/c1-8-4-11-10(3)12-5-9(2)14(18)7-16(12)19-15(11)6-13(8)17/h4-7H,17-18H2,1-3H3. The highest BCUT2D eigenvalue weighted by molar-refractivity contribution is 5.99. The number of nitrogen functional groups attached to an aromatic ring is 2. The van der Waals surface area contributed by atoms with Gasteiger partial charge in [0.15, 0.2) is 0 Å². The van der Waals surface area contributed by atoms with Gasteiger partial charge in [0.2, 0.25) is 0 Å². The minimum Gasteiger partial charge on any atom is -0.398 e. The molecule has 0 aliphatic carbocycles. The highest BCUT2D eigenvalue weighted by Crippen LogP contribution is 2.30. The first-order chi connectivity index (χ1) is 8.97. The Balaban J connectivity index is 2.52. The Hall–Kier alpha value is -2.29. The van der Waals surface area contributed by atoms with E-state index in [1.807, 2.05) is 26.0 Å². The molecule has 3 rings (SSSR count). The van der Waals surface area contributed by atoms with E-state index in [4.69, 9.17) is 11.5 Å². The van der Waals surface area contributed by atoms with Crippen molar-refractivity contribution in [2.24, 2.45) is 0 Å². The molecular weight excluding hydrogens is 234 g/mol. The monoisotopic (exact) mass is 251 g/mol. The summed E-state index contributed by atoms with van der Waals surface area (Å²) < 4.78 is 0. The van der Waals surface area contributed by atoms with Crippen LogP contribution in [0.2, 0.25) is 0 Å². The van der Waals surface area contributed by atoms with Gasteiger partial charge in [-0.15, -0.1) is 0 Å². The first-order valence-electron chi connectivity index (χ1n) is 6.33. The lowest BCUT2D eigenvalue weighted by Gasteiger charge is -2.11. The van der Waals surface area contributed by atoms with Crippen molar-refractivity contribution < 1.29 is 0 Å². The van der Waals surface area contributed by atoms with Gasteiger partial charge in [0.05, 0.1) is 11.0 Å². The molecule has 96 valence electrons. The number of benzene rings is 2. The lowest BCUT2D eigenvalue weighted by molar-refractivity contribution is 1.40. The largest absolute Gasteiger partial charge is 0.398 e. The molecule has 2 aromatic carbocycles. The average molecular weight is 251 g/mol. The molecule has 0 atom stereocenters. The fourth-order valence-corrected chi connectivity index (χ4v) is 2.49. The van der Waals surface area contributed by atoms with E-state index in [0.717, 1.165) is 44.3 Å². The molecule has 4 N–H and O–H groups in total. The maximum Gasteiger partial charge on any atom is 0.0733 e. The normalized spacial score (nSPS) is 11.3. The topological polar surface area (TPSA) is 64.9 Å². The summed E-state index contributed by atoms with van der Waals surface area (Å²) in [6, 6.07) is 8.09. The van der Waals surface area contributed by atoms with E-state index < -0.39 is 0 Å². The van der Waals surface area contributed by atoms with Crippen molar-refractivity contribution >= 4 is 33.2 Å². The van der Waals surface area contributed by atoms with Gasteiger partial charge < -0.3 is 11.5 Å². The SMILES string of the molecule is Cc1cc2c(C)c3cc(C)c(N)cc3nc2cc1N. The number of nitrogens with zero attached hydrogens (tertiary/aromatic N) is 1. The number of fused-ring (bicyclic) bond motifs is 2. The second-order valence-electron chi connectivity index (χ2n) is 5.19. The number of rotatable bonds is 0. The molecule has 0 aliphatic rings. The molecule has 0 saturated carbocycles. The Morgan fingerprint density at radius 1 is 0.737 bits per heavy atom. The number of pyridine rings is 1. The molecule has 3 heteroatoms. The minimum absolute atomic E-state index is 0.777. The van der Waals surface area contributed by atoms with Crippen LogP contribution in [-0.2, 0) is 0 Å². The number of nitrogens with two attached hydrogens (primary N) is 2. The Labute approximate surface area is 112 Å². The van der Waals surface area contributed by atoms with Gasteiger partial charge >= 0.3 is 0 Å². The van der Waals surface area contributed by atoms with Crippen molar-refractivity contribution in [2.45, 2.75) is 20.8 Å². The third-order valence-corrected chi connectivity index (χ3v) is 3.82. The van der Waals surface area contributed by atoms with E-state index in [0.29, 0.717) is 0 Å². The van der Waals surface area contributed by atoms with Crippen LogP contribution in [0.25, 0.3) is 21.8 Å². The molecular formula is C16H17N3. The molecule has 0 spiro atoms. The van der Waals surface area contributed by atoms with Crippen molar-refractivity contribution in [3.63, 3.8) is 0 Å². The maximum atomic E-state index is 5.97. The Kier molecular flexibility index (Phi) is 2.39. The van der Waals surface area contributed by atoms with Crippen molar-refractivity contribution in [1.82, 2.24) is 4.98 Å². The quantitative estimate of drug-likeness (QED) is 0.475. The summed E-state index contributed by atoms with van der Waals surface area (Å²) in [5, 5.41) is 2.31. The van der Waals surface area contributed by atoms with Gasteiger partial charge in [-0.3, -0.25) is 0 Å². The first-order valence-corrected chi connectivity index (χ1v) is 6.33. The molecule has 1 aromatic heterocycles. The van der Waals surface area contributed by atoms with E-state index in [2.05, 4.69) is 24.0 Å². The number of anilines is 2. The maximum absolute atomic E-state index is 5.97. The fourth-order valence-electron chi connectivity index (χ4n) is 2.49. The van der Waals surface area contributed by atoms with E-state index >= 15 is 0 Å². The molecule has 19 heavy (non-hydrogen) atoms. The van der Waals surface area contributed by atoms with Crippen molar-refractivity contribution in [3.05, 3.63) is 41.0 Å². The van der Waals surface area contributed by atoms with Gasteiger partial charge in [0, 0.05) is 22.1 Å². The summed E-state index contributed by atoms with van der Waals surface area (Å²) in [6.07, 6.45) is 0. The van der Waals surface area contributed by atoms with Gasteiger partial charge in [-0.1, -0.05) is 0 Å². The zero-order valence-electron chi connectivity index (χ0n) is 11.4. The van der Waals surface area contributed by atoms with Crippen LogP contribution in [0.15, 0.2) is 24.3 Å². The predicted octanol–water partition coefficient (Wildman–Crippen LogP) is 3.48. The fraction of sp³-hybridized carbons (Fsp3) is 0.188. The van der Waals surface area contributed by atoms with Crippen LogP contribution in [0, 0.1) is 20.8 Å². The molecule has 0 aliphatic heterocycles. The van der Waals surface area contributed by atoms with Crippen LogP contribution in [0.5, 0.6) is 0 Å². The molecule has 0 saturated heterocycles. The van der Waals surface area contributed by atoms with Crippen LogP contribution in [-0.4, -0.2) is 4.98 Å². The lowest BCUT2D eigenvalue weighted by atomic mass is 9.99. The van der Waals surface area contributed by atoms with Crippen molar-refractivity contribution in [2.75, 3.05) is 11.5 Å². The van der Waals surface area contributed by atoms with Crippen molar-refractivity contribution in [1.29, 1.82) is 0 Å². The van der Waals surface area contributed by atoms with Gasteiger partial charge in [0.25, 0.3) is 0 Å². The highest BCUT2D eigenvalue weighted by Gasteiger charge is 2.09. The highest BCUT2D eigenvalue weighted by atomic mass is 14.7. The van der Waals surface area contributed by atoms with Crippen LogP contribution in [0.3, 0.4) is 0 Å². The zero-order chi connectivity index (χ0) is 13.7. The lowest BCUT2D eigenvalue weighted by Crippen LogP contribution is -1.96. The summed E-state index contributed by atoms with van der Waals surface area (Å²) in [5.41, 5.74) is 18.7. The summed E-state index contributed by atoms with van der Waals surface area (Å²) in [6.45, 7) is 6.16. The van der Waals surface area contributed by atoms with Gasteiger partial charge in [0.1, 0.15) is 0 Å². The van der Waals surface area contributed by atoms with Crippen molar-refractivity contribution in [3.8, 4) is 0 Å². The van der Waals surface area contributed by atoms with E-state index in [1.54, 1.807) is 0 Å². The molecule has 0 fully saturated rings.